The van der Waals surface area contributed by atoms with Gasteiger partial charge >= 0.3 is 0 Å². The number of methoxy groups -OCH3 is 1. The van der Waals surface area contributed by atoms with Crippen LogP contribution in [0, 0.1) is 0 Å². The van der Waals surface area contributed by atoms with Crippen molar-refractivity contribution in [2.75, 3.05) is 20.2 Å². The summed E-state index contributed by atoms with van der Waals surface area (Å²) in [4.78, 5) is 23.9. The van der Waals surface area contributed by atoms with Gasteiger partial charge in [-0.3, -0.25) is 9.59 Å². The fourth-order valence-electron chi connectivity index (χ4n) is 1.44. The van der Waals surface area contributed by atoms with Gasteiger partial charge in [0, 0.05) is 20.2 Å². The normalized spacial score (nSPS) is 18.7. The first-order chi connectivity index (χ1) is 6.16. The van der Waals surface area contributed by atoms with E-state index in [1.54, 1.807) is 4.90 Å². The first-order valence-electron chi connectivity index (χ1n) is 4.27. The lowest BCUT2D eigenvalue weighted by Gasteiger charge is -2.19. The number of primary amides is 1. The van der Waals surface area contributed by atoms with E-state index in [0.717, 1.165) is 12.8 Å². The number of carbonyl (C=O) groups excluding carboxylic acids is 2. The van der Waals surface area contributed by atoms with Crippen molar-refractivity contribution in [3.8, 4) is 0 Å². The lowest BCUT2D eigenvalue weighted by molar-refractivity contribution is -0.148. The van der Waals surface area contributed by atoms with E-state index in [1.807, 2.05) is 0 Å². The van der Waals surface area contributed by atoms with Gasteiger partial charge in [-0.25, -0.2) is 0 Å². The monoisotopic (exact) mass is 186 g/mol. The maximum atomic E-state index is 11.5. The molecule has 1 fully saturated rings. The quantitative estimate of drug-likeness (QED) is 0.581. The molecule has 1 unspecified atom stereocenters. The first kappa shape index (κ1) is 9.98. The Hall–Kier alpha value is -1.10. The first-order valence-corrected chi connectivity index (χ1v) is 4.27. The second kappa shape index (κ2) is 4.23. The molecule has 2 amide bonds. The summed E-state index contributed by atoms with van der Waals surface area (Å²) in [6.45, 7) is 1.40. The van der Waals surface area contributed by atoms with E-state index in [4.69, 9.17) is 10.5 Å². The van der Waals surface area contributed by atoms with Gasteiger partial charge in [0.15, 0.2) is 0 Å². The Kier molecular flexibility index (Phi) is 3.25. The predicted octanol–water partition coefficient (Wildman–Crippen LogP) is -0.891. The molecule has 0 aromatic carbocycles. The highest BCUT2D eigenvalue weighted by molar-refractivity contribution is 6.02. The van der Waals surface area contributed by atoms with Crippen LogP contribution in [0.5, 0.6) is 0 Å². The summed E-state index contributed by atoms with van der Waals surface area (Å²) < 4.78 is 4.72. The fourth-order valence-corrected chi connectivity index (χ4v) is 1.44. The topological polar surface area (TPSA) is 72.6 Å². The standard InChI is InChI=1S/C8H14N2O3/c1-13-6(7(9)11)8(12)10-4-2-3-5-10/h6H,2-5H2,1H3,(H2,9,11). The van der Waals surface area contributed by atoms with Crippen molar-refractivity contribution in [2.45, 2.75) is 18.9 Å². The molecule has 0 spiro atoms. The molecular weight excluding hydrogens is 172 g/mol. The van der Waals surface area contributed by atoms with Crippen molar-refractivity contribution in [2.24, 2.45) is 5.73 Å². The van der Waals surface area contributed by atoms with Gasteiger partial charge in [-0.15, -0.1) is 0 Å². The van der Waals surface area contributed by atoms with E-state index in [9.17, 15) is 9.59 Å². The second-order valence-electron chi connectivity index (χ2n) is 3.05. The number of likely N-dealkylation sites (tertiary alicyclic amines) is 1. The van der Waals surface area contributed by atoms with Gasteiger partial charge in [0.25, 0.3) is 11.8 Å². The van der Waals surface area contributed by atoms with Crippen LogP contribution in [0.1, 0.15) is 12.8 Å². The number of hydrogen-bond donors (Lipinski definition) is 1. The zero-order valence-corrected chi connectivity index (χ0v) is 7.66. The Balaban J connectivity index is 2.57. The van der Waals surface area contributed by atoms with Gasteiger partial charge in [-0.2, -0.15) is 0 Å². The summed E-state index contributed by atoms with van der Waals surface area (Å²) in [5.41, 5.74) is 5.00. The van der Waals surface area contributed by atoms with E-state index in [1.165, 1.54) is 7.11 Å². The molecule has 0 aromatic rings. The van der Waals surface area contributed by atoms with E-state index in [2.05, 4.69) is 0 Å². The van der Waals surface area contributed by atoms with Crippen LogP contribution in [0.3, 0.4) is 0 Å². The number of hydrogen-bond acceptors (Lipinski definition) is 3. The molecule has 2 N–H and O–H groups in total. The lowest BCUT2D eigenvalue weighted by atomic mass is 10.3. The van der Waals surface area contributed by atoms with Crippen LogP contribution >= 0.6 is 0 Å². The summed E-state index contributed by atoms with van der Waals surface area (Å²) in [6, 6.07) is 0. The summed E-state index contributed by atoms with van der Waals surface area (Å²) in [6.07, 6.45) is 0.861. The molecule has 1 saturated heterocycles. The molecule has 74 valence electrons. The molecular formula is C8H14N2O3. The number of ether oxygens (including phenoxy) is 1. The van der Waals surface area contributed by atoms with E-state index in [0.29, 0.717) is 13.1 Å². The molecule has 1 atom stereocenters. The number of rotatable bonds is 3. The predicted molar refractivity (Wildman–Crippen MR) is 45.8 cm³/mol. The molecule has 1 aliphatic rings. The number of amides is 2. The van der Waals surface area contributed by atoms with Crippen LogP contribution in [0.4, 0.5) is 0 Å². The van der Waals surface area contributed by atoms with Gasteiger partial charge in [0.05, 0.1) is 0 Å². The minimum atomic E-state index is -1.11. The zero-order chi connectivity index (χ0) is 9.84. The van der Waals surface area contributed by atoms with E-state index < -0.39 is 12.0 Å². The van der Waals surface area contributed by atoms with Gasteiger partial charge in [-0.05, 0) is 12.8 Å². The van der Waals surface area contributed by atoms with Crippen molar-refractivity contribution in [3.63, 3.8) is 0 Å². The molecule has 0 aliphatic carbocycles. The molecule has 0 radical (unpaired) electrons. The van der Waals surface area contributed by atoms with Crippen LogP contribution in [0.2, 0.25) is 0 Å². The molecule has 1 aliphatic heterocycles. The summed E-state index contributed by atoms with van der Waals surface area (Å²) in [5, 5.41) is 0. The Morgan fingerprint density at radius 2 is 1.92 bits per heavy atom. The average Bonchev–Trinajstić information content (AvgIpc) is 2.56. The van der Waals surface area contributed by atoms with Crippen LogP contribution in [0.25, 0.3) is 0 Å². The Morgan fingerprint density at radius 3 is 2.31 bits per heavy atom. The van der Waals surface area contributed by atoms with E-state index in [-0.39, 0.29) is 5.91 Å². The fraction of sp³-hybridized carbons (Fsp3) is 0.750. The van der Waals surface area contributed by atoms with Crippen LogP contribution in [-0.2, 0) is 14.3 Å². The third kappa shape index (κ3) is 2.18. The molecule has 0 aromatic heterocycles. The second-order valence-corrected chi connectivity index (χ2v) is 3.05. The molecule has 5 heteroatoms. The van der Waals surface area contributed by atoms with Gasteiger partial charge in [0.1, 0.15) is 0 Å². The van der Waals surface area contributed by atoms with Gasteiger partial charge < -0.3 is 15.4 Å². The molecule has 0 bridgehead atoms. The Labute approximate surface area is 76.8 Å². The van der Waals surface area contributed by atoms with Gasteiger partial charge in [0.2, 0.25) is 6.10 Å². The highest BCUT2D eigenvalue weighted by Gasteiger charge is 2.30. The highest BCUT2D eigenvalue weighted by Crippen LogP contribution is 2.09. The summed E-state index contributed by atoms with van der Waals surface area (Å²) >= 11 is 0. The van der Waals surface area contributed by atoms with Crippen molar-refractivity contribution < 1.29 is 14.3 Å². The van der Waals surface area contributed by atoms with Crippen LogP contribution < -0.4 is 5.73 Å². The van der Waals surface area contributed by atoms with Crippen molar-refractivity contribution in [1.29, 1.82) is 0 Å². The minimum Gasteiger partial charge on any atom is -0.367 e. The largest absolute Gasteiger partial charge is 0.367 e. The lowest BCUT2D eigenvalue weighted by Crippen LogP contribution is -2.45. The van der Waals surface area contributed by atoms with Crippen molar-refractivity contribution in [1.82, 2.24) is 4.90 Å². The Morgan fingerprint density at radius 1 is 1.38 bits per heavy atom. The van der Waals surface area contributed by atoms with E-state index >= 15 is 0 Å². The summed E-state index contributed by atoms with van der Waals surface area (Å²) in [7, 11) is 1.31. The maximum Gasteiger partial charge on any atom is 0.261 e. The molecule has 0 saturated carbocycles. The minimum absolute atomic E-state index is 0.312. The molecule has 1 rings (SSSR count). The third-order valence-corrected chi connectivity index (χ3v) is 2.14. The molecule has 13 heavy (non-hydrogen) atoms. The zero-order valence-electron chi connectivity index (χ0n) is 7.66. The smallest absolute Gasteiger partial charge is 0.261 e. The average molecular weight is 186 g/mol. The summed E-state index contributed by atoms with van der Waals surface area (Å²) in [5.74, 6) is -1.04. The SMILES string of the molecule is COC(C(N)=O)C(=O)N1CCCC1. The van der Waals surface area contributed by atoms with Crippen LogP contribution in [0.15, 0.2) is 0 Å². The van der Waals surface area contributed by atoms with Crippen molar-refractivity contribution in [3.05, 3.63) is 0 Å². The van der Waals surface area contributed by atoms with Crippen LogP contribution in [-0.4, -0.2) is 43.0 Å². The number of nitrogens with zero attached hydrogens (tertiary/aromatic N) is 1. The number of nitrogens with two attached hydrogens (primary N) is 1. The van der Waals surface area contributed by atoms with Gasteiger partial charge in [-0.1, -0.05) is 0 Å². The number of carbonyl (C=O) groups is 2. The third-order valence-electron chi connectivity index (χ3n) is 2.14. The maximum absolute atomic E-state index is 11.5. The Bertz CT molecular complexity index is 211. The highest BCUT2D eigenvalue weighted by atomic mass is 16.5. The molecule has 5 nitrogen and oxygen atoms in total. The van der Waals surface area contributed by atoms with Crippen molar-refractivity contribution >= 4 is 11.8 Å². The molecule has 1 heterocycles.